The average Bonchev–Trinajstić information content (AvgIpc) is 2.38. The van der Waals surface area contributed by atoms with Crippen molar-refractivity contribution in [2.45, 2.75) is 23.8 Å². The minimum absolute atomic E-state index is 0.000796. The summed E-state index contributed by atoms with van der Waals surface area (Å²) >= 11 is 0. The summed E-state index contributed by atoms with van der Waals surface area (Å²) in [5.74, 6) is -0.655. The minimum Gasteiger partial charge on any atom is -0.398 e. The molecular weight excluding hydrogens is 282 g/mol. The van der Waals surface area contributed by atoms with Gasteiger partial charge in [0.2, 0.25) is 15.9 Å². The first-order valence-electron chi connectivity index (χ1n) is 6.19. The van der Waals surface area contributed by atoms with Gasteiger partial charge < -0.3 is 16.2 Å². The number of nitrogens with one attached hydrogen (secondary N) is 1. The van der Waals surface area contributed by atoms with Crippen LogP contribution in [0.15, 0.2) is 23.1 Å². The first-order chi connectivity index (χ1) is 9.40. The van der Waals surface area contributed by atoms with Crippen molar-refractivity contribution < 1.29 is 17.9 Å². The zero-order chi connectivity index (χ0) is 14.8. The molecule has 1 aromatic carbocycles. The zero-order valence-electron chi connectivity index (χ0n) is 10.8. The molecule has 0 bridgehead atoms. The van der Waals surface area contributed by atoms with E-state index in [4.69, 9.17) is 16.2 Å². The van der Waals surface area contributed by atoms with Crippen LogP contribution in [0.5, 0.6) is 0 Å². The lowest BCUT2D eigenvalue weighted by Crippen LogP contribution is -2.39. The first kappa shape index (κ1) is 14.8. The Morgan fingerprint density at radius 3 is 2.50 bits per heavy atom. The van der Waals surface area contributed by atoms with Crippen LogP contribution in [0.4, 0.5) is 5.69 Å². The molecule has 0 spiro atoms. The normalized spacial score (nSPS) is 17.0. The molecule has 0 aromatic heterocycles. The fourth-order valence-corrected chi connectivity index (χ4v) is 3.46. The highest BCUT2D eigenvalue weighted by atomic mass is 32.2. The summed E-state index contributed by atoms with van der Waals surface area (Å²) in [6, 6.07) is 3.74. The van der Waals surface area contributed by atoms with Gasteiger partial charge in [-0.05, 0) is 31.0 Å². The Bertz CT molecular complexity index is 609. The maximum absolute atomic E-state index is 12.3. The number of sulfonamides is 1. The molecule has 20 heavy (non-hydrogen) atoms. The molecule has 1 amide bonds. The SMILES string of the molecule is NC(=O)c1ccc(S(=O)(=O)NC2CCOCC2)c(N)c1. The Morgan fingerprint density at radius 2 is 1.95 bits per heavy atom. The number of ether oxygens (including phenoxy) is 1. The van der Waals surface area contributed by atoms with Gasteiger partial charge in [0.05, 0.1) is 5.69 Å². The van der Waals surface area contributed by atoms with E-state index in [0.717, 1.165) is 0 Å². The van der Waals surface area contributed by atoms with E-state index in [2.05, 4.69) is 4.72 Å². The first-order valence-corrected chi connectivity index (χ1v) is 7.68. The van der Waals surface area contributed by atoms with Crippen LogP contribution in [0, 0.1) is 0 Å². The van der Waals surface area contributed by atoms with Gasteiger partial charge in [-0.3, -0.25) is 4.79 Å². The predicted molar refractivity (Wildman–Crippen MR) is 73.5 cm³/mol. The van der Waals surface area contributed by atoms with Gasteiger partial charge in [-0.1, -0.05) is 0 Å². The average molecular weight is 299 g/mol. The molecular formula is C12H17N3O4S. The lowest BCUT2D eigenvalue weighted by Gasteiger charge is -2.23. The summed E-state index contributed by atoms with van der Waals surface area (Å²) in [6.07, 6.45) is 1.25. The number of nitrogen functional groups attached to an aromatic ring is 1. The Hall–Kier alpha value is -1.64. The molecule has 0 saturated carbocycles. The van der Waals surface area contributed by atoms with E-state index in [0.29, 0.717) is 26.1 Å². The van der Waals surface area contributed by atoms with Gasteiger partial charge >= 0.3 is 0 Å². The lowest BCUT2D eigenvalue weighted by molar-refractivity contribution is 0.0832. The molecule has 7 nitrogen and oxygen atoms in total. The van der Waals surface area contributed by atoms with Crippen molar-refractivity contribution in [3.8, 4) is 0 Å². The Morgan fingerprint density at radius 1 is 1.30 bits per heavy atom. The summed E-state index contributed by atoms with van der Waals surface area (Å²) in [5.41, 5.74) is 11.0. The minimum atomic E-state index is -3.72. The number of primary amides is 1. The number of amides is 1. The van der Waals surface area contributed by atoms with Crippen LogP contribution in [0.1, 0.15) is 23.2 Å². The van der Waals surface area contributed by atoms with Crippen molar-refractivity contribution in [2.24, 2.45) is 5.73 Å². The zero-order valence-corrected chi connectivity index (χ0v) is 11.7. The monoisotopic (exact) mass is 299 g/mol. The quantitative estimate of drug-likeness (QED) is 0.665. The maximum Gasteiger partial charge on any atom is 0.248 e. The fraction of sp³-hybridized carbons (Fsp3) is 0.417. The number of carbonyl (C=O) groups is 1. The highest BCUT2D eigenvalue weighted by Crippen LogP contribution is 2.21. The van der Waals surface area contributed by atoms with E-state index in [1.165, 1.54) is 18.2 Å². The van der Waals surface area contributed by atoms with E-state index < -0.39 is 15.9 Å². The van der Waals surface area contributed by atoms with E-state index in [-0.39, 0.29) is 22.2 Å². The van der Waals surface area contributed by atoms with Crippen LogP contribution in [0.3, 0.4) is 0 Å². The third kappa shape index (κ3) is 3.27. The Kier molecular flexibility index (Phi) is 4.26. The highest BCUT2D eigenvalue weighted by molar-refractivity contribution is 7.89. The largest absolute Gasteiger partial charge is 0.398 e. The molecule has 2 rings (SSSR count). The molecule has 8 heteroatoms. The molecule has 1 aliphatic rings. The summed E-state index contributed by atoms with van der Waals surface area (Å²) in [6.45, 7) is 1.06. The molecule has 0 atom stereocenters. The van der Waals surface area contributed by atoms with Gasteiger partial charge in [0.25, 0.3) is 0 Å². The van der Waals surface area contributed by atoms with Crippen molar-refractivity contribution in [2.75, 3.05) is 18.9 Å². The lowest BCUT2D eigenvalue weighted by atomic mass is 10.1. The second-order valence-electron chi connectivity index (χ2n) is 4.62. The molecule has 0 unspecified atom stereocenters. The standard InChI is InChI=1S/C12H17N3O4S/c13-10-7-8(12(14)16)1-2-11(10)20(17,18)15-9-3-5-19-6-4-9/h1-2,7,9,15H,3-6,13H2,(H2,14,16). The van der Waals surface area contributed by atoms with Crippen molar-refractivity contribution in [1.82, 2.24) is 4.72 Å². The third-order valence-corrected chi connectivity index (χ3v) is 4.72. The number of nitrogens with two attached hydrogens (primary N) is 2. The maximum atomic E-state index is 12.3. The molecule has 1 aliphatic heterocycles. The summed E-state index contributed by atoms with van der Waals surface area (Å²) in [7, 11) is -3.72. The van der Waals surface area contributed by atoms with E-state index in [1.807, 2.05) is 0 Å². The molecule has 1 fully saturated rings. The summed E-state index contributed by atoms with van der Waals surface area (Å²) < 4.78 is 32.3. The molecule has 1 saturated heterocycles. The third-order valence-electron chi connectivity index (χ3n) is 3.13. The molecule has 110 valence electrons. The van der Waals surface area contributed by atoms with Gasteiger partial charge in [0, 0.05) is 24.8 Å². The van der Waals surface area contributed by atoms with Crippen LogP contribution in [0.2, 0.25) is 0 Å². The van der Waals surface area contributed by atoms with Gasteiger partial charge in [-0.15, -0.1) is 0 Å². The predicted octanol–water partition coefficient (Wildman–Crippen LogP) is -0.175. The van der Waals surface area contributed by atoms with Crippen molar-refractivity contribution >= 4 is 21.6 Å². The van der Waals surface area contributed by atoms with Gasteiger partial charge in [-0.2, -0.15) is 0 Å². The second-order valence-corrected chi connectivity index (χ2v) is 6.31. The molecule has 1 aromatic rings. The Labute approximate surface area is 117 Å². The fourth-order valence-electron chi connectivity index (χ4n) is 2.04. The van der Waals surface area contributed by atoms with E-state index in [9.17, 15) is 13.2 Å². The van der Waals surface area contributed by atoms with Gasteiger partial charge in [0.1, 0.15) is 4.90 Å². The van der Waals surface area contributed by atoms with Crippen molar-refractivity contribution in [3.63, 3.8) is 0 Å². The van der Waals surface area contributed by atoms with Gasteiger partial charge in [0.15, 0.2) is 0 Å². The van der Waals surface area contributed by atoms with Crippen LogP contribution < -0.4 is 16.2 Å². The molecule has 5 N–H and O–H groups in total. The van der Waals surface area contributed by atoms with Gasteiger partial charge in [-0.25, -0.2) is 13.1 Å². The number of benzene rings is 1. The van der Waals surface area contributed by atoms with Crippen LogP contribution >= 0.6 is 0 Å². The van der Waals surface area contributed by atoms with Crippen LogP contribution in [-0.2, 0) is 14.8 Å². The van der Waals surface area contributed by atoms with E-state index >= 15 is 0 Å². The summed E-state index contributed by atoms with van der Waals surface area (Å²) in [5, 5.41) is 0. The summed E-state index contributed by atoms with van der Waals surface area (Å²) in [4.78, 5) is 11.0. The number of carbonyl (C=O) groups excluding carboxylic acids is 1. The van der Waals surface area contributed by atoms with Crippen LogP contribution in [0.25, 0.3) is 0 Å². The highest BCUT2D eigenvalue weighted by Gasteiger charge is 2.24. The number of anilines is 1. The molecule has 0 aliphatic carbocycles. The van der Waals surface area contributed by atoms with Crippen molar-refractivity contribution in [3.05, 3.63) is 23.8 Å². The number of rotatable bonds is 4. The molecule has 1 heterocycles. The van der Waals surface area contributed by atoms with Crippen LogP contribution in [-0.4, -0.2) is 33.6 Å². The van der Waals surface area contributed by atoms with E-state index in [1.54, 1.807) is 0 Å². The molecule has 0 radical (unpaired) electrons. The van der Waals surface area contributed by atoms with Crippen molar-refractivity contribution in [1.29, 1.82) is 0 Å². The number of hydrogen-bond donors (Lipinski definition) is 3. The number of hydrogen-bond acceptors (Lipinski definition) is 5. The second kappa shape index (κ2) is 5.78. The topological polar surface area (TPSA) is 125 Å². The Balaban J connectivity index is 2.22. The smallest absolute Gasteiger partial charge is 0.248 e.